The van der Waals surface area contributed by atoms with Crippen LogP contribution in [0.15, 0.2) is 36.4 Å². The topological polar surface area (TPSA) is 20.2 Å². The third-order valence-corrected chi connectivity index (χ3v) is 5.47. The molecule has 2 aromatic carbocycles. The molecule has 2 aromatic rings. The Morgan fingerprint density at radius 1 is 0.833 bits per heavy atom. The van der Waals surface area contributed by atoms with Crippen LogP contribution in [0.2, 0.25) is 0 Å². The third kappa shape index (κ3) is 4.70. The smallest absolute Gasteiger partial charge is 0.0462 e. The molecule has 1 N–H and O–H groups in total. The van der Waals surface area contributed by atoms with Crippen LogP contribution >= 0.6 is 0 Å². The fourth-order valence-corrected chi connectivity index (χ4v) is 3.45. The monoisotopic (exact) mass is 324 g/mol. The van der Waals surface area contributed by atoms with Crippen molar-refractivity contribution >= 4 is 0 Å². The van der Waals surface area contributed by atoms with E-state index in [9.17, 15) is 5.11 Å². The van der Waals surface area contributed by atoms with Crippen LogP contribution < -0.4 is 0 Å². The number of benzene rings is 2. The Morgan fingerprint density at radius 2 is 1.46 bits per heavy atom. The first-order valence-corrected chi connectivity index (χ1v) is 9.18. The number of aliphatic hydroxyl groups excluding tert-OH is 1. The average molecular weight is 325 g/mol. The molecule has 0 amide bonds. The first-order chi connectivity index (χ1) is 11.4. The van der Waals surface area contributed by atoms with Crippen LogP contribution in [0, 0.1) is 33.6 Å². The van der Waals surface area contributed by atoms with Crippen LogP contribution in [0.1, 0.15) is 59.1 Å². The molecular formula is C23H32O. The van der Waals surface area contributed by atoms with E-state index in [1.54, 1.807) is 0 Å². The van der Waals surface area contributed by atoms with Crippen molar-refractivity contribution in [1.29, 1.82) is 0 Å². The minimum atomic E-state index is 0.258. The SMILES string of the molecule is CCC(CC(CO)Cc1ccc(C)c(C)c1)c1ccc(C)c(C)c1. The van der Waals surface area contributed by atoms with E-state index in [0.717, 1.165) is 19.3 Å². The molecule has 130 valence electrons. The molecule has 24 heavy (non-hydrogen) atoms. The lowest BCUT2D eigenvalue weighted by Gasteiger charge is -2.23. The number of aliphatic hydroxyl groups is 1. The van der Waals surface area contributed by atoms with Crippen LogP contribution in [-0.4, -0.2) is 11.7 Å². The van der Waals surface area contributed by atoms with Gasteiger partial charge in [0.05, 0.1) is 0 Å². The predicted octanol–water partition coefficient (Wildman–Crippen LogP) is 5.66. The highest BCUT2D eigenvalue weighted by molar-refractivity contribution is 5.32. The maximum atomic E-state index is 9.90. The van der Waals surface area contributed by atoms with E-state index in [4.69, 9.17) is 0 Å². The number of hydrogen-bond acceptors (Lipinski definition) is 1. The summed E-state index contributed by atoms with van der Waals surface area (Å²) in [6.45, 7) is 11.2. The molecule has 2 unspecified atom stereocenters. The number of hydrogen-bond donors (Lipinski definition) is 1. The van der Waals surface area contributed by atoms with Crippen molar-refractivity contribution in [2.24, 2.45) is 5.92 Å². The van der Waals surface area contributed by atoms with Gasteiger partial charge >= 0.3 is 0 Å². The first kappa shape index (κ1) is 18.7. The molecule has 1 nitrogen and oxygen atoms in total. The van der Waals surface area contributed by atoms with Gasteiger partial charge in [-0.25, -0.2) is 0 Å². The van der Waals surface area contributed by atoms with Crippen molar-refractivity contribution in [3.8, 4) is 0 Å². The van der Waals surface area contributed by atoms with Gasteiger partial charge in [-0.15, -0.1) is 0 Å². The molecule has 0 heterocycles. The Hall–Kier alpha value is -1.60. The number of aryl methyl sites for hydroxylation is 4. The molecule has 0 aliphatic rings. The van der Waals surface area contributed by atoms with Gasteiger partial charge in [0.25, 0.3) is 0 Å². The van der Waals surface area contributed by atoms with E-state index in [0.29, 0.717) is 11.8 Å². The summed E-state index contributed by atoms with van der Waals surface area (Å²) >= 11 is 0. The zero-order valence-electron chi connectivity index (χ0n) is 15.9. The van der Waals surface area contributed by atoms with Crippen LogP contribution in [0.3, 0.4) is 0 Å². The second kappa shape index (κ2) is 8.48. The Labute approximate surface area is 147 Å². The van der Waals surface area contributed by atoms with E-state index in [-0.39, 0.29) is 6.61 Å². The quantitative estimate of drug-likeness (QED) is 0.697. The Morgan fingerprint density at radius 3 is 2.00 bits per heavy atom. The van der Waals surface area contributed by atoms with Crippen molar-refractivity contribution in [3.05, 3.63) is 69.8 Å². The summed E-state index contributed by atoms with van der Waals surface area (Å²) in [7, 11) is 0. The molecule has 2 rings (SSSR count). The van der Waals surface area contributed by atoms with Gasteiger partial charge in [0.15, 0.2) is 0 Å². The fourth-order valence-electron chi connectivity index (χ4n) is 3.45. The van der Waals surface area contributed by atoms with Gasteiger partial charge in [0.2, 0.25) is 0 Å². The van der Waals surface area contributed by atoms with E-state index >= 15 is 0 Å². The van der Waals surface area contributed by atoms with Crippen molar-refractivity contribution < 1.29 is 5.11 Å². The first-order valence-electron chi connectivity index (χ1n) is 9.18. The lowest BCUT2D eigenvalue weighted by molar-refractivity contribution is 0.209. The molecule has 0 bridgehead atoms. The van der Waals surface area contributed by atoms with Gasteiger partial charge in [-0.05, 0) is 92.2 Å². The molecule has 0 aliphatic carbocycles. The molecule has 0 spiro atoms. The molecule has 1 heteroatoms. The minimum Gasteiger partial charge on any atom is -0.396 e. The minimum absolute atomic E-state index is 0.258. The lowest BCUT2D eigenvalue weighted by atomic mass is 9.83. The van der Waals surface area contributed by atoms with Crippen LogP contribution in [0.5, 0.6) is 0 Å². The standard InChI is InChI=1S/C23H32O/c1-6-22(23-10-8-17(3)19(5)12-23)14-21(15-24)13-20-9-7-16(2)18(4)11-20/h7-12,21-22,24H,6,13-15H2,1-5H3. The van der Waals surface area contributed by atoms with Crippen LogP contribution in [0.4, 0.5) is 0 Å². The number of rotatable bonds is 7. The van der Waals surface area contributed by atoms with Crippen molar-refractivity contribution in [3.63, 3.8) is 0 Å². The zero-order chi connectivity index (χ0) is 17.7. The molecule has 0 saturated heterocycles. The summed E-state index contributed by atoms with van der Waals surface area (Å²) in [4.78, 5) is 0. The molecule has 2 atom stereocenters. The largest absolute Gasteiger partial charge is 0.396 e. The highest BCUT2D eigenvalue weighted by Crippen LogP contribution is 2.30. The average Bonchev–Trinajstić information content (AvgIpc) is 2.57. The summed E-state index contributed by atoms with van der Waals surface area (Å²) < 4.78 is 0. The molecule has 0 aromatic heterocycles. The summed E-state index contributed by atoms with van der Waals surface area (Å²) in [6, 6.07) is 13.5. The van der Waals surface area contributed by atoms with Crippen molar-refractivity contribution in [2.75, 3.05) is 6.61 Å². The van der Waals surface area contributed by atoms with E-state index in [2.05, 4.69) is 71.0 Å². The molecule has 0 aliphatic heterocycles. The van der Waals surface area contributed by atoms with Crippen molar-refractivity contribution in [2.45, 2.75) is 59.8 Å². The van der Waals surface area contributed by atoms with Crippen LogP contribution in [0.25, 0.3) is 0 Å². The molecule has 0 fully saturated rings. The van der Waals surface area contributed by atoms with E-state index < -0.39 is 0 Å². The van der Waals surface area contributed by atoms with E-state index in [1.807, 2.05) is 0 Å². The Balaban J connectivity index is 2.11. The van der Waals surface area contributed by atoms with Gasteiger partial charge < -0.3 is 5.11 Å². The molecular weight excluding hydrogens is 292 g/mol. The molecule has 0 radical (unpaired) electrons. The van der Waals surface area contributed by atoms with Gasteiger partial charge in [0, 0.05) is 6.61 Å². The predicted molar refractivity (Wildman–Crippen MR) is 104 cm³/mol. The van der Waals surface area contributed by atoms with Gasteiger partial charge in [-0.1, -0.05) is 43.3 Å². The Bertz CT molecular complexity index is 672. The second-order valence-electron chi connectivity index (χ2n) is 7.36. The summed E-state index contributed by atoms with van der Waals surface area (Å²) in [5, 5.41) is 9.90. The lowest BCUT2D eigenvalue weighted by Crippen LogP contribution is -2.14. The summed E-state index contributed by atoms with van der Waals surface area (Å²) in [5.41, 5.74) is 8.14. The van der Waals surface area contributed by atoms with E-state index in [1.165, 1.54) is 33.4 Å². The van der Waals surface area contributed by atoms with Gasteiger partial charge in [-0.3, -0.25) is 0 Å². The summed E-state index contributed by atoms with van der Waals surface area (Å²) in [6.07, 6.45) is 3.12. The Kier molecular flexibility index (Phi) is 6.62. The highest BCUT2D eigenvalue weighted by atomic mass is 16.3. The highest BCUT2D eigenvalue weighted by Gasteiger charge is 2.17. The summed E-state index contributed by atoms with van der Waals surface area (Å²) in [5.74, 6) is 0.840. The maximum absolute atomic E-state index is 9.90. The maximum Gasteiger partial charge on any atom is 0.0462 e. The van der Waals surface area contributed by atoms with Crippen LogP contribution in [-0.2, 0) is 6.42 Å². The zero-order valence-corrected chi connectivity index (χ0v) is 15.9. The van der Waals surface area contributed by atoms with Crippen molar-refractivity contribution in [1.82, 2.24) is 0 Å². The second-order valence-corrected chi connectivity index (χ2v) is 7.36. The molecule has 0 saturated carbocycles. The fraction of sp³-hybridized carbons (Fsp3) is 0.478. The normalized spacial score (nSPS) is 13.8. The third-order valence-electron chi connectivity index (χ3n) is 5.47. The van der Waals surface area contributed by atoms with Gasteiger partial charge in [0.1, 0.15) is 0 Å². The van der Waals surface area contributed by atoms with Gasteiger partial charge in [-0.2, -0.15) is 0 Å².